The first-order valence-electron chi connectivity index (χ1n) is 5.97. The van der Waals surface area contributed by atoms with Crippen molar-refractivity contribution >= 4 is 17.3 Å². The summed E-state index contributed by atoms with van der Waals surface area (Å²) in [7, 11) is 0. The molecule has 0 aromatic heterocycles. The zero-order valence-electron chi connectivity index (χ0n) is 9.68. The fourth-order valence-electron chi connectivity index (χ4n) is 2.07. The van der Waals surface area contributed by atoms with Crippen LogP contribution in [0.1, 0.15) is 31.7 Å². The molecule has 16 heavy (non-hydrogen) atoms. The monoisotopic (exact) mass is 218 g/mol. The van der Waals surface area contributed by atoms with Gasteiger partial charge in [0.25, 0.3) is 0 Å². The van der Waals surface area contributed by atoms with E-state index in [4.69, 9.17) is 0 Å². The fraction of sp³-hybridized carbons (Fsp3) is 0.462. The zero-order valence-corrected chi connectivity index (χ0v) is 9.68. The number of anilines is 2. The van der Waals surface area contributed by atoms with E-state index >= 15 is 0 Å². The molecule has 0 fully saturated rings. The van der Waals surface area contributed by atoms with Gasteiger partial charge in [-0.15, -0.1) is 0 Å². The van der Waals surface area contributed by atoms with Crippen molar-refractivity contribution < 1.29 is 4.79 Å². The predicted octanol–water partition coefficient (Wildman–Crippen LogP) is 2.78. The Hall–Kier alpha value is -1.51. The average molecular weight is 218 g/mol. The highest BCUT2D eigenvalue weighted by Gasteiger charge is 2.13. The second-order valence-corrected chi connectivity index (χ2v) is 4.16. The van der Waals surface area contributed by atoms with Gasteiger partial charge in [-0.05, 0) is 37.0 Å². The van der Waals surface area contributed by atoms with Gasteiger partial charge in [0.1, 0.15) is 0 Å². The molecule has 86 valence electrons. The SMILES string of the molecule is CCCC(=O)Nc1cccc2c1CCCN2. The van der Waals surface area contributed by atoms with Gasteiger partial charge in [0.05, 0.1) is 0 Å². The third-order valence-electron chi connectivity index (χ3n) is 2.85. The van der Waals surface area contributed by atoms with Crippen molar-refractivity contribution in [1.82, 2.24) is 0 Å². The Bertz CT molecular complexity index is 388. The van der Waals surface area contributed by atoms with Crippen LogP contribution in [0.4, 0.5) is 11.4 Å². The predicted molar refractivity (Wildman–Crippen MR) is 66.8 cm³/mol. The molecule has 0 aliphatic carbocycles. The van der Waals surface area contributed by atoms with E-state index in [0.717, 1.165) is 31.5 Å². The van der Waals surface area contributed by atoms with E-state index < -0.39 is 0 Å². The lowest BCUT2D eigenvalue weighted by molar-refractivity contribution is -0.116. The summed E-state index contributed by atoms with van der Waals surface area (Å²) in [5, 5.41) is 6.35. The summed E-state index contributed by atoms with van der Waals surface area (Å²) < 4.78 is 0. The van der Waals surface area contributed by atoms with Crippen molar-refractivity contribution in [2.45, 2.75) is 32.6 Å². The normalized spacial score (nSPS) is 13.8. The first kappa shape index (κ1) is 11.0. The quantitative estimate of drug-likeness (QED) is 0.819. The summed E-state index contributed by atoms with van der Waals surface area (Å²) in [6, 6.07) is 6.04. The van der Waals surface area contributed by atoms with Gasteiger partial charge in [-0.25, -0.2) is 0 Å². The number of nitrogens with one attached hydrogen (secondary N) is 2. The molecule has 1 aromatic carbocycles. The smallest absolute Gasteiger partial charge is 0.224 e. The minimum Gasteiger partial charge on any atom is -0.385 e. The van der Waals surface area contributed by atoms with Crippen LogP contribution in [0.2, 0.25) is 0 Å². The molecule has 1 amide bonds. The lowest BCUT2D eigenvalue weighted by atomic mass is 10.0. The number of hydrogen-bond acceptors (Lipinski definition) is 2. The summed E-state index contributed by atoms with van der Waals surface area (Å²) in [5.74, 6) is 0.112. The summed E-state index contributed by atoms with van der Waals surface area (Å²) >= 11 is 0. The fourth-order valence-corrected chi connectivity index (χ4v) is 2.07. The molecule has 0 unspecified atom stereocenters. The molecule has 0 bridgehead atoms. The standard InChI is InChI=1S/C13H18N2O/c1-2-5-13(16)15-12-8-3-7-11-10(12)6-4-9-14-11/h3,7-8,14H,2,4-6,9H2,1H3,(H,15,16). The van der Waals surface area contributed by atoms with Crippen LogP contribution < -0.4 is 10.6 Å². The second-order valence-electron chi connectivity index (χ2n) is 4.16. The minimum atomic E-state index is 0.112. The Morgan fingerprint density at radius 3 is 3.19 bits per heavy atom. The number of benzene rings is 1. The number of carbonyl (C=O) groups excluding carboxylic acids is 1. The summed E-state index contributed by atoms with van der Waals surface area (Å²) in [4.78, 5) is 11.6. The number of carbonyl (C=O) groups is 1. The average Bonchev–Trinajstić information content (AvgIpc) is 2.30. The Labute approximate surface area is 96.2 Å². The molecule has 1 heterocycles. The van der Waals surface area contributed by atoms with E-state index in [1.165, 1.54) is 11.3 Å². The summed E-state index contributed by atoms with van der Waals surface area (Å²) in [6.07, 6.45) is 3.66. The van der Waals surface area contributed by atoms with E-state index in [-0.39, 0.29) is 5.91 Å². The molecular weight excluding hydrogens is 200 g/mol. The number of rotatable bonds is 3. The van der Waals surface area contributed by atoms with Crippen LogP contribution in [0.25, 0.3) is 0 Å². The molecule has 3 heteroatoms. The van der Waals surface area contributed by atoms with Gasteiger partial charge >= 0.3 is 0 Å². The molecule has 1 aliphatic rings. The third kappa shape index (κ3) is 2.35. The van der Waals surface area contributed by atoms with Crippen LogP contribution in [-0.4, -0.2) is 12.5 Å². The van der Waals surface area contributed by atoms with Crippen molar-refractivity contribution in [1.29, 1.82) is 0 Å². The number of amides is 1. The van der Waals surface area contributed by atoms with Crippen molar-refractivity contribution in [3.63, 3.8) is 0 Å². The van der Waals surface area contributed by atoms with Gasteiger partial charge in [0.15, 0.2) is 0 Å². The van der Waals surface area contributed by atoms with E-state index in [1.54, 1.807) is 0 Å². The highest BCUT2D eigenvalue weighted by atomic mass is 16.1. The summed E-state index contributed by atoms with van der Waals surface area (Å²) in [5.41, 5.74) is 3.39. The maximum absolute atomic E-state index is 11.6. The van der Waals surface area contributed by atoms with Crippen LogP contribution in [0.15, 0.2) is 18.2 Å². The molecule has 0 saturated heterocycles. The summed E-state index contributed by atoms with van der Waals surface area (Å²) in [6.45, 7) is 3.04. The van der Waals surface area contributed by atoms with Gasteiger partial charge < -0.3 is 10.6 Å². The number of hydrogen-bond donors (Lipinski definition) is 2. The third-order valence-corrected chi connectivity index (χ3v) is 2.85. The molecule has 1 aliphatic heterocycles. The van der Waals surface area contributed by atoms with Gasteiger partial charge in [0, 0.05) is 24.3 Å². The molecule has 3 nitrogen and oxygen atoms in total. The Kier molecular flexibility index (Phi) is 3.44. The maximum atomic E-state index is 11.6. The topological polar surface area (TPSA) is 41.1 Å². The van der Waals surface area contributed by atoms with E-state index in [0.29, 0.717) is 6.42 Å². The van der Waals surface area contributed by atoms with Crippen molar-refractivity contribution in [3.8, 4) is 0 Å². The van der Waals surface area contributed by atoms with Gasteiger partial charge in [-0.1, -0.05) is 13.0 Å². The van der Waals surface area contributed by atoms with E-state index in [2.05, 4.69) is 16.7 Å². The lowest BCUT2D eigenvalue weighted by Crippen LogP contribution is -2.17. The van der Waals surface area contributed by atoms with Gasteiger partial charge in [-0.2, -0.15) is 0 Å². The highest BCUT2D eigenvalue weighted by Crippen LogP contribution is 2.28. The molecule has 2 rings (SSSR count). The van der Waals surface area contributed by atoms with Crippen molar-refractivity contribution in [2.75, 3.05) is 17.2 Å². The molecule has 0 spiro atoms. The van der Waals surface area contributed by atoms with Crippen LogP contribution >= 0.6 is 0 Å². The highest BCUT2D eigenvalue weighted by molar-refractivity contribution is 5.92. The van der Waals surface area contributed by atoms with Crippen LogP contribution in [0, 0.1) is 0 Å². The first-order valence-corrected chi connectivity index (χ1v) is 5.97. The lowest BCUT2D eigenvalue weighted by Gasteiger charge is -2.21. The van der Waals surface area contributed by atoms with Crippen LogP contribution in [0.3, 0.4) is 0 Å². The molecule has 0 saturated carbocycles. The van der Waals surface area contributed by atoms with E-state index in [1.807, 2.05) is 19.1 Å². The molecular formula is C13H18N2O. The Balaban J connectivity index is 2.17. The van der Waals surface area contributed by atoms with Gasteiger partial charge in [-0.3, -0.25) is 4.79 Å². The number of fused-ring (bicyclic) bond motifs is 1. The molecule has 0 atom stereocenters. The molecule has 2 N–H and O–H groups in total. The zero-order chi connectivity index (χ0) is 11.4. The van der Waals surface area contributed by atoms with Crippen LogP contribution in [-0.2, 0) is 11.2 Å². The molecule has 1 aromatic rings. The first-order chi connectivity index (χ1) is 7.81. The Morgan fingerprint density at radius 2 is 2.38 bits per heavy atom. The van der Waals surface area contributed by atoms with Crippen molar-refractivity contribution in [3.05, 3.63) is 23.8 Å². The van der Waals surface area contributed by atoms with Gasteiger partial charge in [0.2, 0.25) is 5.91 Å². The maximum Gasteiger partial charge on any atom is 0.224 e. The Morgan fingerprint density at radius 1 is 1.50 bits per heavy atom. The van der Waals surface area contributed by atoms with Crippen molar-refractivity contribution in [2.24, 2.45) is 0 Å². The minimum absolute atomic E-state index is 0.112. The van der Waals surface area contributed by atoms with E-state index in [9.17, 15) is 4.79 Å². The largest absolute Gasteiger partial charge is 0.385 e. The second kappa shape index (κ2) is 5.01. The van der Waals surface area contributed by atoms with Crippen LogP contribution in [0.5, 0.6) is 0 Å². The molecule has 0 radical (unpaired) electrons.